The molecule has 0 fully saturated rings. The van der Waals surface area contributed by atoms with Crippen LogP contribution >= 0.6 is 11.6 Å². The molecule has 2 rings (SSSR count). The number of hydrogen-bond acceptors (Lipinski definition) is 1. The van der Waals surface area contributed by atoms with Gasteiger partial charge in [-0.3, -0.25) is 0 Å². The maximum atomic E-state index is 11.1. The van der Waals surface area contributed by atoms with Crippen molar-refractivity contribution in [2.75, 3.05) is 0 Å². The zero-order valence-corrected chi connectivity index (χ0v) is 9.17. The predicted octanol–water partition coefficient (Wildman–Crippen LogP) is 2.84. The second-order valence-electron chi connectivity index (χ2n) is 3.60. The summed E-state index contributed by atoms with van der Waals surface area (Å²) in [6.45, 7) is 1.87. The highest BCUT2D eigenvalue weighted by atomic mass is 35.5. The summed E-state index contributed by atoms with van der Waals surface area (Å²) >= 11 is 6.00. The quantitative estimate of drug-likeness (QED) is 0.808. The van der Waals surface area contributed by atoms with Crippen molar-refractivity contribution in [3.05, 3.63) is 34.5 Å². The Kier molecular flexibility index (Phi) is 2.20. The third-order valence-corrected chi connectivity index (χ3v) is 2.70. The van der Waals surface area contributed by atoms with Crippen molar-refractivity contribution in [3.8, 4) is 0 Å². The van der Waals surface area contributed by atoms with Gasteiger partial charge in [0, 0.05) is 18.6 Å². The van der Waals surface area contributed by atoms with Crippen molar-refractivity contribution < 1.29 is 9.90 Å². The second-order valence-corrected chi connectivity index (χ2v) is 4.01. The molecule has 0 bridgehead atoms. The molecule has 1 N–H and O–H groups in total. The van der Waals surface area contributed by atoms with Crippen molar-refractivity contribution in [2.24, 2.45) is 7.05 Å². The van der Waals surface area contributed by atoms with Crippen LogP contribution in [-0.2, 0) is 7.05 Å². The number of carboxylic acids is 1. The molecular weight excluding hydrogens is 214 g/mol. The lowest BCUT2D eigenvalue weighted by Gasteiger charge is -2.02. The number of aromatic carboxylic acids is 1. The molecule has 2 aromatic rings. The number of carboxylic acid groups (broad SMARTS) is 1. The third-order valence-electron chi connectivity index (χ3n) is 2.42. The van der Waals surface area contributed by atoms with E-state index in [4.69, 9.17) is 16.7 Å². The molecular formula is C11H10ClNO2. The number of carbonyl (C=O) groups is 1. The zero-order valence-electron chi connectivity index (χ0n) is 8.41. The Balaban J connectivity index is 2.96. The Labute approximate surface area is 91.9 Å². The third kappa shape index (κ3) is 1.49. The Morgan fingerprint density at radius 3 is 2.73 bits per heavy atom. The van der Waals surface area contributed by atoms with Crippen LogP contribution in [0.25, 0.3) is 10.9 Å². The molecule has 15 heavy (non-hydrogen) atoms. The van der Waals surface area contributed by atoms with Crippen LogP contribution in [0.1, 0.15) is 15.9 Å². The molecule has 0 radical (unpaired) electrons. The molecule has 1 aromatic carbocycles. The molecule has 0 saturated heterocycles. The minimum absolute atomic E-state index is 0.260. The number of hydrogen-bond donors (Lipinski definition) is 1. The smallest absolute Gasteiger partial charge is 0.336 e. The molecule has 1 aromatic heterocycles. The Morgan fingerprint density at radius 1 is 1.47 bits per heavy atom. The maximum absolute atomic E-state index is 11.1. The van der Waals surface area contributed by atoms with E-state index in [0.29, 0.717) is 10.4 Å². The SMILES string of the molecule is Cc1cc(C(=O)O)c2c(Cl)cn(C)c2c1. The number of nitrogens with zero attached hydrogens (tertiary/aromatic N) is 1. The summed E-state index contributed by atoms with van der Waals surface area (Å²) in [7, 11) is 1.85. The Bertz CT molecular complexity index is 557. The maximum Gasteiger partial charge on any atom is 0.336 e. The van der Waals surface area contributed by atoms with Gasteiger partial charge in [-0.05, 0) is 24.6 Å². The average Bonchev–Trinajstić information content (AvgIpc) is 2.41. The molecule has 0 aliphatic rings. The van der Waals surface area contributed by atoms with E-state index in [1.807, 2.05) is 24.6 Å². The van der Waals surface area contributed by atoms with E-state index in [1.165, 1.54) is 0 Å². The van der Waals surface area contributed by atoms with E-state index in [2.05, 4.69) is 0 Å². The second kappa shape index (κ2) is 3.28. The Hall–Kier alpha value is -1.48. The Morgan fingerprint density at radius 2 is 2.13 bits per heavy atom. The molecule has 4 heteroatoms. The van der Waals surface area contributed by atoms with Gasteiger partial charge in [0.15, 0.2) is 0 Å². The summed E-state index contributed by atoms with van der Waals surface area (Å²) in [5, 5.41) is 10.2. The number of benzene rings is 1. The van der Waals surface area contributed by atoms with Gasteiger partial charge in [-0.15, -0.1) is 0 Å². The van der Waals surface area contributed by atoms with E-state index < -0.39 is 5.97 Å². The van der Waals surface area contributed by atoms with Gasteiger partial charge in [0.1, 0.15) is 0 Å². The van der Waals surface area contributed by atoms with Crippen LogP contribution in [0.15, 0.2) is 18.3 Å². The minimum atomic E-state index is -0.947. The molecule has 78 valence electrons. The summed E-state index contributed by atoms with van der Waals surface area (Å²) in [6, 6.07) is 3.56. The van der Waals surface area contributed by atoms with Crippen molar-refractivity contribution in [1.82, 2.24) is 4.57 Å². The lowest BCUT2D eigenvalue weighted by atomic mass is 10.1. The van der Waals surface area contributed by atoms with Crippen LogP contribution in [0, 0.1) is 6.92 Å². The van der Waals surface area contributed by atoms with Crippen LogP contribution in [0.4, 0.5) is 0 Å². The number of halogens is 1. The molecule has 0 saturated carbocycles. The van der Waals surface area contributed by atoms with Gasteiger partial charge in [-0.1, -0.05) is 11.6 Å². The summed E-state index contributed by atoms with van der Waals surface area (Å²) < 4.78 is 1.83. The van der Waals surface area contributed by atoms with Gasteiger partial charge in [-0.25, -0.2) is 4.79 Å². The van der Waals surface area contributed by atoms with Crippen LogP contribution in [0.3, 0.4) is 0 Å². The first-order valence-corrected chi connectivity index (χ1v) is 4.87. The van der Waals surface area contributed by atoms with Crippen molar-refractivity contribution in [1.29, 1.82) is 0 Å². The van der Waals surface area contributed by atoms with Gasteiger partial charge in [0.2, 0.25) is 0 Å². The standard InChI is InChI=1S/C11H10ClNO2/c1-6-3-7(11(14)15)10-8(12)5-13(2)9(10)4-6/h3-5H,1-2H3,(H,14,15). The molecule has 3 nitrogen and oxygen atoms in total. The van der Waals surface area contributed by atoms with Crippen molar-refractivity contribution in [2.45, 2.75) is 6.92 Å². The molecule has 0 aliphatic carbocycles. The number of aryl methyl sites for hydroxylation is 2. The van der Waals surface area contributed by atoms with Crippen LogP contribution in [0.5, 0.6) is 0 Å². The van der Waals surface area contributed by atoms with E-state index in [-0.39, 0.29) is 5.56 Å². The van der Waals surface area contributed by atoms with Gasteiger partial charge >= 0.3 is 5.97 Å². The van der Waals surface area contributed by atoms with Crippen molar-refractivity contribution >= 4 is 28.5 Å². The highest BCUT2D eigenvalue weighted by Crippen LogP contribution is 2.29. The fourth-order valence-electron chi connectivity index (χ4n) is 1.77. The van der Waals surface area contributed by atoms with E-state index in [9.17, 15) is 4.79 Å². The summed E-state index contributed by atoms with van der Waals surface area (Å²) in [5.74, 6) is -0.947. The minimum Gasteiger partial charge on any atom is -0.478 e. The highest BCUT2D eigenvalue weighted by Gasteiger charge is 2.14. The van der Waals surface area contributed by atoms with Gasteiger partial charge < -0.3 is 9.67 Å². The average molecular weight is 224 g/mol. The molecule has 0 unspecified atom stereocenters. The van der Waals surface area contributed by atoms with Gasteiger partial charge in [-0.2, -0.15) is 0 Å². The molecule has 0 aliphatic heterocycles. The molecule has 0 spiro atoms. The molecule has 0 atom stereocenters. The summed E-state index contributed by atoms with van der Waals surface area (Å²) in [6.07, 6.45) is 1.72. The number of aromatic nitrogens is 1. The van der Waals surface area contributed by atoms with E-state index in [0.717, 1.165) is 11.1 Å². The highest BCUT2D eigenvalue weighted by molar-refractivity contribution is 6.36. The van der Waals surface area contributed by atoms with Gasteiger partial charge in [0.25, 0.3) is 0 Å². The molecule has 1 heterocycles. The first kappa shape index (κ1) is 10.1. The summed E-state index contributed by atoms with van der Waals surface area (Å²) in [5.41, 5.74) is 2.02. The fourth-order valence-corrected chi connectivity index (χ4v) is 2.11. The predicted molar refractivity (Wildman–Crippen MR) is 59.6 cm³/mol. The fraction of sp³-hybridized carbons (Fsp3) is 0.182. The van der Waals surface area contributed by atoms with Crippen LogP contribution in [0.2, 0.25) is 5.02 Å². The number of rotatable bonds is 1. The van der Waals surface area contributed by atoms with Gasteiger partial charge in [0.05, 0.1) is 16.1 Å². The zero-order chi connectivity index (χ0) is 11.2. The normalized spacial score (nSPS) is 10.9. The van der Waals surface area contributed by atoms with Crippen LogP contribution < -0.4 is 0 Å². The lowest BCUT2D eigenvalue weighted by molar-refractivity contribution is 0.0699. The lowest BCUT2D eigenvalue weighted by Crippen LogP contribution is -1.98. The van der Waals surface area contributed by atoms with Crippen molar-refractivity contribution in [3.63, 3.8) is 0 Å². The first-order chi connectivity index (χ1) is 7.00. The van der Waals surface area contributed by atoms with Crippen LogP contribution in [-0.4, -0.2) is 15.6 Å². The van der Waals surface area contributed by atoms with E-state index >= 15 is 0 Å². The first-order valence-electron chi connectivity index (χ1n) is 4.49. The summed E-state index contributed by atoms with van der Waals surface area (Å²) in [4.78, 5) is 11.1. The largest absolute Gasteiger partial charge is 0.478 e. The number of fused-ring (bicyclic) bond motifs is 1. The topological polar surface area (TPSA) is 42.2 Å². The monoisotopic (exact) mass is 223 g/mol. The van der Waals surface area contributed by atoms with E-state index in [1.54, 1.807) is 12.3 Å². The molecule has 0 amide bonds.